The van der Waals surface area contributed by atoms with Gasteiger partial charge in [0.25, 0.3) is 0 Å². The lowest BCUT2D eigenvalue weighted by molar-refractivity contribution is 0.968. The number of nitrogens with zero attached hydrogens (tertiary/aromatic N) is 4. The monoisotopic (exact) mass is 244 g/mol. The van der Waals surface area contributed by atoms with Crippen LogP contribution in [0.3, 0.4) is 0 Å². The van der Waals surface area contributed by atoms with Gasteiger partial charge >= 0.3 is 0 Å². The van der Waals surface area contributed by atoms with Gasteiger partial charge in [0.2, 0.25) is 0 Å². The van der Waals surface area contributed by atoms with E-state index in [4.69, 9.17) is 0 Å². The van der Waals surface area contributed by atoms with E-state index in [-0.39, 0.29) is 0 Å². The first kappa shape index (κ1) is 14.2. The van der Waals surface area contributed by atoms with E-state index in [0.29, 0.717) is 0 Å². The number of rotatable bonds is 2. The third kappa shape index (κ3) is 4.99. The van der Waals surface area contributed by atoms with Crippen molar-refractivity contribution < 1.29 is 0 Å². The average molecular weight is 244 g/mol. The highest BCUT2D eigenvalue weighted by atomic mass is 14.8. The molecule has 2 aromatic heterocycles. The Labute approximate surface area is 109 Å². The van der Waals surface area contributed by atoms with Crippen LogP contribution in [0.15, 0.2) is 24.8 Å². The number of hydrogen-bond donors (Lipinski definition) is 0. The number of aromatic nitrogens is 4. The van der Waals surface area contributed by atoms with E-state index >= 15 is 0 Å². The van der Waals surface area contributed by atoms with Crippen LogP contribution in [0, 0.1) is 13.8 Å². The molecule has 96 valence electrons. The van der Waals surface area contributed by atoms with Crippen LogP contribution in [-0.2, 0) is 12.8 Å². The van der Waals surface area contributed by atoms with Crippen molar-refractivity contribution in [1.82, 2.24) is 19.9 Å². The van der Waals surface area contributed by atoms with Gasteiger partial charge in [-0.1, -0.05) is 13.8 Å². The van der Waals surface area contributed by atoms with Crippen LogP contribution < -0.4 is 0 Å². The van der Waals surface area contributed by atoms with Crippen LogP contribution in [0.2, 0.25) is 0 Å². The lowest BCUT2D eigenvalue weighted by atomic mass is 10.3. The van der Waals surface area contributed by atoms with Gasteiger partial charge in [0.1, 0.15) is 0 Å². The zero-order chi connectivity index (χ0) is 13.4. The summed E-state index contributed by atoms with van der Waals surface area (Å²) in [7, 11) is 0. The highest BCUT2D eigenvalue weighted by Gasteiger charge is 1.89. The van der Waals surface area contributed by atoms with Crippen molar-refractivity contribution in [3.05, 3.63) is 47.6 Å². The maximum atomic E-state index is 4.23. The Morgan fingerprint density at radius 2 is 1.50 bits per heavy atom. The minimum Gasteiger partial charge on any atom is -0.261 e. The summed E-state index contributed by atoms with van der Waals surface area (Å²) in [6.07, 6.45) is 9.10. The average Bonchev–Trinajstić information content (AvgIpc) is 2.40. The van der Waals surface area contributed by atoms with Crippen molar-refractivity contribution in [1.29, 1.82) is 0 Å². The molecule has 0 unspecified atom stereocenters. The molecular weight excluding hydrogens is 224 g/mol. The molecule has 2 rings (SSSR count). The Kier molecular flexibility index (Phi) is 5.91. The van der Waals surface area contributed by atoms with E-state index in [9.17, 15) is 0 Å². The first-order chi connectivity index (χ1) is 8.65. The smallest absolute Gasteiger partial charge is 0.0587 e. The number of hydrogen-bond acceptors (Lipinski definition) is 4. The SMILES string of the molecule is CCc1cnc(C)cn1.CCc1cncc(C)n1. The predicted octanol–water partition coefficient (Wildman–Crippen LogP) is 2.69. The fraction of sp³-hybridized carbons (Fsp3) is 0.429. The highest BCUT2D eigenvalue weighted by Crippen LogP contribution is 1.94. The van der Waals surface area contributed by atoms with Crippen molar-refractivity contribution in [2.24, 2.45) is 0 Å². The van der Waals surface area contributed by atoms with Crippen LogP contribution >= 0.6 is 0 Å². The van der Waals surface area contributed by atoms with E-state index in [1.807, 2.05) is 20.0 Å². The molecule has 4 nitrogen and oxygen atoms in total. The molecule has 0 aliphatic rings. The van der Waals surface area contributed by atoms with E-state index < -0.39 is 0 Å². The molecule has 0 atom stereocenters. The Hall–Kier alpha value is -1.84. The fourth-order valence-corrected chi connectivity index (χ4v) is 1.29. The van der Waals surface area contributed by atoms with Gasteiger partial charge in [-0.2, -0.15) is 0 Å². The minimum atomic E-state index is 0.966. The van der Waals surface area contributed by atoms with Crippen LogP contribution in [0.25, 0.3) is 0 Å². The first-order valence-electron chi connectivity index (χ1n) is 6.20. The summed E-state index contributed by atoms with van der Waals surface area (Å²) in [6, 6.07) is 0. The third-order valence-corrected chi connectivity index (χ3v) is 2.36. The van der Waals surface area contributed by atoms with Crippen LogP contribution in [0.4, 0.5) is 0 Å². The summed E-state index contributed by atoms with van der Waals surface area (Å²) in [4.78, 5) is 16.4. The molecule has 0 N–H and O–H groups in total. The molecule has 0 amide bonds. The Bertz CT molecular complexity index is 465. The molecule has 0 aliphatic heterocycles. The lowest BCUT2D eigenvalue weighted by Crippen LogP contribution is -1.90. The second-order valence-electron chi connectivity index (χ2n) is 4.01. The quantitative estimate of drug-likeness (QED) is 0.815. The molecule has 0 radical (unpaired) electrons. The van der Waals surface area contributed by atoms with E-state index in [1.54, 1.807) is 18.6 Å². The zero-order valence-electron chi connectivity index (χ0n) is 11.5. The normalized spacial score (nSPS) is 9.56. The molecule has 2 heterocycles. The predicted molar refractivity (Wildman–Crippen MR) is 72.3 cm³/mol. The Balaban J connectivity index is 0.000000180. The van der Waals surface area contributed by atoms with Gasteiger partial charge in [-0.15, -0.1) is 0 Å². The maximum Gasteiger partial charge on any atom is 0.0587 e. The van der Waals surface area contributed by atoms with Crippen molar-refractivity contribution >= 4 is 0 Å². The van der Waals surface area contributed by atoms with Gasteiger partial charge in [0, 0.05) is 24.8 Å². The van der Waals surface area contributed by atoms with Gasteiger partial charge < -0.3 is 0 Å². The van der Waals surface area contributed by atoms with Crippen molar-refractivity contribution in [2.75, 3.05) is 0 Å². The summed E-state index contributed by atoms with van der Waals surface area (Å²) < 4.78 is 0. The van der Waals surface area contributed by atoms with Crippen molar-refractivity contribution in [3.8, 4) is 0 Å². The summed E-state index contributed by atoms with van der Waals surface area (Å²) in [6.45, 7) is 8.03. The molecule has 18 heavy (non-hydrogen) atoms. The highest BCUT2D eigenvalue weighted by molar-refractivity contribution is 5.00. The van der Waals surface area contributed by atoms with Crippen molar-refractivity contribution in [3.63, 3.8) is 0 Å². The Morgan fingerprint density at radius 1 is 0.778 bits per heavy atom. The molecule has 2 aromatic rings. The second kappa shape index (κ2) is 7.48. The molecule has 0 saturated heterocycles. The summed E-state index contributed by atoms with van der Waals surface area (Å²) >= 11 is 0. The zero-order valence-corrected chi connectivity index (χ0v) is 11.5. The molecule has 0 bridgehead atoms. The minimum absolute atomic E-state index is 0.966. The van der Waals surface area contributed by atoms with Crippen molar-refractivity contribution in [2.45, 2.75) is 40.5 Å². The standard InChI is InChI=1S/2C7H10N2/c1-3-7-5-8-6(2)4-9-7;1-3-7-5-8-4-6(2)9-7/h2*4-5H,3H2,1-2H3. The molecule has 4 heteroatoms. The van der Waals surface area contributed by atoms with E-state index in [2.05, 4.69) is 33.8 Å². The summed E-state index contributed by atoms with van der Waals surface area (Å²) in [5, 5.41) is 0. The largest absolute Gasteiger partial charge is 0.261 e. The fourth-order valence-electron chi connectivity index (χ4n) is 1.29. The molecular formula is C14H20N4. The molecule has 0 spiro atoms. The van der Waals surface area contributed by atoms with E-state index in [0.717, 1.165) is 35.6 Å². The van der Waals surface area contributed by atoms with Gasteiger partial charge in [0.15, 0.2) is 0 Å². The number of aryl methyl sites for hydroxylation is 4. The summed E-state index contributed by atoms with van der Waals surface area (Å²) in [5.74, 6) is 0. The van der Waals surface area contributed by atoms with Gasteiger partial charge in [-0.05, 0) is 26.7 Å². The molecule has 0 fully saturated rings. The van der Waals surface area contributed by atoms with Crippen LogP contribution in [-0.4, -0.2) is 19.9 Å². The topological polar surface area (TPSA) is 51.6 Å². The van der Waals surface area contributed by atoms with Gasteiger partial charge in [-0.3, -0.25) is 19.9 Å². The first-order valence-corrected chi connectivity index (χ1v) is 6.20. The molecule has 0 saturated carbocycles. The van der Waals surface area contributed by atoms with Crippen LogP contribution in [0.1, 0.15) is 36.6 Å². The third-order valence-electron chi connectivity index (χ3n) is 2.36. The lowest BCUT2D eigenvalue weighted by Gasteiger charge is -1.93. The Morgan fingerprint density at radius 3 is 1.94 bits per heavy atom. The molecule has 0 aliphatic carbocycles. The molecule has 0 aromatic carbocycles. The summed E-state index contributed by atoms with van der Waals surface area (Å²) in [5.41, 5.74) is 4.09. The second-order valence-corrected chi connectivity index (χ2v) is 4.01. The maximum absolute atomic E-state index is 4.23. The van der Waals surface area contributed by atoms with Gasteiger partial charge in [0.05, 0.1) is 22.8 Å². The van der Waals surface area contributed by atoms with Crippen LogP contribution in [0.5, 0.6) is 0 Å². The van der Waals surface area contributed by atoms with E-state index in [1.165, 1.54) is 0 Å². The van der Waals surface area contributed by atoms with Gasteiger partial charge in [-0.25, -0.2) is 0 Å².